The molecule has 9 rings (SSSR count). The van der Waals surface area contributed by atoms with E-state index in [0.29, 0.717) is 0 Å². The van der Waals surface area contributed by atoms with Crippen molar-refractivity contribution in [3.63, 3.8) is 0 Å². The van der Waals surface area contributed by atoms with Crippen LogP contribution in [0.15, 0.2) is 72.8 Å². The van der Waals surface area contributed by atoms with Crippen molar-refractivity contribution in [3.8, 4) is 28.3 Å². The molecule has 4 aliphatic carbocycles. The SMILES string of the molecule is C1=Cc2c(n(-c3nc(-c4ccccc4)c4c(n3)=CCCC=4)c3cc4c(cc23)C2(CCCC2)c2ccccc2-4)CC1. The molecule has 1 fully saturated rings. The van der Waals surface area contributed by atoms with E-state index in [1.54, 1.807) is 0 Å². The van der Waals surface area contributed by atoms with E-state index in [0.717, 1.165) is 48.2 Å². The third kappa shape index (κ3) is 3.01. The molecule has 1 spiro atoms. The van der Waals surface area contributed by atoms with Crippen molar-refractivity contribution in [1.29, 1.82) is 0 Å². The highest BCUT2D eigenvalue weighted by Crippen LogP contribution is 2.58. The lowest BCUT2D eigenvalue weighted by Crippen LogP contribution is -2.34. The molecule has 0 aliphatic heterocycles. The Morgan fingerprint density at radius 2 is 1.57 bits per heavy atom. The highest BCUT2D eigenvalue weighted by molar-refractivity contribution is 5.99. The van der Waals surface area contributed by atoms with Crippen molar-refractivity contribution in [2.24, 2.45) is 0 Å². The van der Waals surface area contributed by atoms with Crippen molar-refractivity contribution in [2.75, 3.05) is 0 Å². The van der Waals surface area contributed by atoms with E-state index in [1.165, 1.54) is 75.3 Å². The summed E-state index contributed by atoms with van der Waals surface area (Å²) in [6.07, 6.45) is 18.5. The topological polar surface area (TPSA) is 30.7 Å². The molecular weight excluding hydrogens is 486 g/mol. The van der Waals surface area contributed by atoms with Gasteiger partial charge in [-0.3, -0.25) is 4.57 Å². The molecule has 0 unspecified atom stereocenters. The van der Waals surface area contributed by atoms with Gasteiger partial charge >= 0.3 is 0 Å². The van der Waals surface area contributed by atoms with E-state index in [2.05, 4.69) is 95.6 Å². The number of benzene rings is 3. The first kappa shape index (κ1) is 22.6. The molecule has 0 atom stereocenters. The van der Waals surface area contributed by atoms with Gasteiger partial charge in [0, 0.05) is 32.8 Å². The molecule has 0 radical (unpaired) electrons. The predicted molar refractivity (Wildman–Crippen MR) is 164 cm³/mol. The van der Waals surface area contributed by atoms with Gasteiger partial charge in [-0.15, -0.1) is 0 Å². The van der Waals surface area contributed by atoms with Crippen LogP contribution in [-0.4, -0.2) is 14.5 Å². The predicted octanol–water partition coefficient (Wildman–Crippen LogP) is 7.24. The van der Waals surface area contributed by atoms with Crippen LogP contribution in [0.1, 0.15) is 67.3 Å². The van der Waals surface area contributed by atoms with E-state index in [4.69, 9.17) is 9.97 Å². The third-order valence-electron chi connectivity index (χ3n) is 9.85. The summed E-state index contributed by atoms with van der Waals surface area (Å²) >= 11 is 0. The van der Waals surface area contributed by atoms with Crippen molar-refractivity contribution in [2.45, 2.75) is 56.8 Å². The lowest BCUT2D eigenvalue weighted by molar-refractivity contribution is 0.550. The fourth-order valence-electron chi connectivity index (χ4n) is 8.10. The zero-order chi connectivity index (χ0) is 26.3. The highest BCUT2D eigenvalue weighted by atomic mass is 15.2. The summed E-state index contributed by atoms with van der Waals surface area (Å²) in [4.78, 5) is 10.6. The maximum Gasteiger partial charge on any atom is 0.235 e. The van der Waals surface area contributed by atoms with Gasteiger partial charge < -0.3 is 0 Å². The molecule has 4 aliphatic rings. The Bertz CT molecular complexity index is 2000. The van der Waals surface area contributed by atoms with E-state index in [-0.39, 0.29) is 5.41 Å². The molecule has 0 amide bonds. The van der Waals surface area contributed by atoms with Crippen LogP contribution < -0.4 is 10.6 Å². The van der Waals surface area contributed by atoms with Gasteiger partial charge in [-0.2, -0.15) is 0 Å². The number of rotatable bonds is 2. The van der Waals surface area contributed by atoms with Crippen molar-refractivity contribution in [3.05, 3.63) is 106 Å². The fraction of sp³-hybridized carbons (Fsp3) is 0.243. The molecule has 0 saturated heterocycles. The maximum atomic E-state index is 5.34. The number of fused-ring (bicyclic) bond motifs is 9. The van der Waals surface area contributed by atoms with Gasteiger partial charge in [0.25, 0.3) is 0 Å². The average molecular weight is 518 g/mol. The molecule has 5 aromatic rings. The summed E-state index contributed by atoms with van der Waals surface area (Å²) in [5.41, 5.74) is 12.2. The maximum absolute atomic E-state index is 5.34. The Morgan fingerprint density at radius 1 is 0.750 bits per heavy atom. The van der Waals surface area contributed by atoms with Gasteiger partial charge in [-0.25, -0.2) is 9.97 Å². The van der Waals surface area contributed by atoms with Crippen molar-refractivity contribution < 1.29 is 0 Å². The Morgan fingerprint density at radius 3 is 2.48 bits per heavy atom. The van der Waals surface area contributed by atoms with E-state index < -0.39 is 0 Å². The Kier molecular flexibility index (Phi) is 4.73. The first-order valence-electron chi connectivity index (χ1n) is 14.9. The lowest BCUT2D eigenvalue weighted by Gasteiger charge is -2.26. The molecule has 40 heavy (non-hydrogen) atoms. The highest BCUT2D eigenvalue weighted by Gasteiger charge is 2.45. The van der Waals surface area contributed by atoms with Gasteiger partial charge in [0.1, 0.15) is 0 Å². The van der Waals surface area contributed by atoms with Crippen LogP contribution in [0.4, 0.5) is 0 Å². The minimum atomic E-state index is 0.168. The summed E-state index contributed by atoms with van der Waals surface area (Å²) in [5.74, 6) is 0.799. The lowest BCUT2D eigenvalue weighted by atomic mass is 9.76. The average Bonchev–Trinajstić information content (AvgIpc) is 3.71. The fourth-order valence-corrected chi connectivity index (χ4v) is 8.10. The number of hydrogen-bond acceptors (Lipinski definition) is 2. The van der Waals surface area contributed by atoms with E-state index in [1.807, 2.05) is 0 Å². The third-order valence-corrected chi connectivity index (χ3v) is 9.85. The molecule has 0 bridgehead atoms. The standard InChI is InChI=1S/C37H31N3/c1-2-12-24(13-3-1)35-27-16-5-8-18-32(27)38-36(39-35)40-33-19-9-6-15-26(33)29-22-31-28(23-34(29)40)25-14-4-7-17-30(25)37(31)20-10-11-21-37/h1-4,6-7,12-18,22-23H,5,8-11,19-21H2. The van der Waals surface area contributed by atoms with Crippen LogP contribution in [0.5, 0.6) is 0 Å². The molecule has 1 saturated carbocycles. The summed E-state index contributed by atoms with van der Waals surface area (Å²) in [5, 5.41) is 3.58. The zero-order valence-electron chi connectivity index (χ0n) is 22.7. The first-order chi connectivity index (χ1) is 19.8. The molecule has 3 heteroatoms. The largest absolute Gasteiger partial charge is 0.282 e. The minimum absolute atomic E-state index is 0.168. The zero-order valence-corrected chi connectivity index (χ0v) is 22.7. The van der Waals surface area contributed by atoms with E-state index in [9.17, 15) is 0 Å². The first-order valence-corrected chi connectivity index (χ1v) is 14.9. The van der Waals surface area contributed by atoms with Crippen LogP contribution in [0.2, 0.25) is 0 Å². The Labute approximate surface area is 234 Å². The summed E-state index contributed by atoms with van der Waals surface area (Å²) in [6, 6.07) is 24.8. The molecule has 3 aromatic carbocycles. The second kappa shape index (κ2) is 8.38. The van der Waals surface area contributed by atoms with Crippen LogP contribution in [0, 0.1) is 0 Å². The summed E-state index contributed by atoms with van der Waals surface area (Å²) in [6.45, 7) is 0. The molecule has 3 nitrogen and oxygen atoms in total. The smallest absolute Gasteiger partial charge is 0.235 e. The Hall–Kier alpha value is -4.24. The summed E-state index contributed by atoms with van der Waals surface area (Å²) in [7, 11) is 0. The van der Waals surface area contributed by atoms with Gasteiger partial charge in [0.15, 0.2) is 0 Å². The monoisotopic (exact) mass is 517 g/mol. The number of aromatic nitrogens is 3. The van der Waals surface area contributed by atoms with Crippen LogP contribution in [-0.2, 0) is 11.8 Å². The number of nitrogens with zero attached hydrogens (tertiary/aromatic N) is 3. The number of allylic oxidation sites excluding steroid dienone is 1. The normalized spacial score (nSPS) is 17.7. The van der Waals surface area contributed by atoms with Crippen LogP contribution in [0.3, 0.4) is 0 Å². The van der Waals surface area contributed by atoms with Gasteiger partial charge in [-0.1, -0.05) is 91.7 Å². The number of hydrogen-bond donors (Lipinski definition) is 0. The van der Waals surface area contributed by atoms with Crippen LogP contribution in [0.25, 0.3) is 57.5 Å². The Balaban J connectivity index is 1.37. The second-order valence-corrected chi connectivity index (χ2v) is 11.9. The van der Waals surface area contributed by atoms with Crippen molar-refractivity contribution >= 4 is 29.1 Å². The van der Waals surface area contributed by atoms with Gasteiger partial charge in [-0.05, 0) is 72.9 Å². The van der Waals surface area contributed by atoms with Gasteiger partial charge in [0.2, 0.25) is 5.95 Å². The van der Waals surface area contributed by atoms with E-state index >= 15 is 0 Å². The molecule has 2 heterocycles. The quantitative estimate of drug-likeness (QED) is 0.247. The minimum Gasteiger partial charge on any atom is -0.282 e. The summed E-state index contributed by atoms with van der Waals surface area (Å²) < 4.78 is 2.39. The second-order valence-electron chi connectivity index (χ2n) is 11.9. The molecule has 194 valence electrons. The van der Waals surface area contributed by atoms with Crippen molar-refractivity contribution in [1.82, 2.24) is 14.5 Å². The molecule has 2 aromatic heterocycles. The van der Waals surface area contributed by atoms with Gasteiger partial charge in [0.05, 0.1) is 16.6 Å². The van der Waals surface area contributed by atoms with Crippen LogP contribution >= 0.6 is 0 Å². The molecular formula is C37H31N3. The molecule has 0 N–H and O–H groups in total.